The molecule has 28 heavy (non-hydrogen) atoms. The zero-order chi connectivity index (χ0) is 19.5. The van der Waals surface area contributed by atoms with Crippen molar-refractivity contribution in [2.45, 2.75) is 13.8 Å². The van der Waals surface area contributed by atoms with Gasteiger partial charge in [0.25, 0.3) is 5.91 Å². The van der Waals surface area contributed by atoms with Gasteiger partial charge in [0.2, 0.25) is 6.79 Å². The zero-order valence-electron chi connectivity index (χ0n) is 15.8. The Morgan fingerprint density at radius 2 is 1.93 bits per heavy atom. The Morgan fingerprint density at radius 1 is 1.07 bits per heavy atom. The Kier molecular flexibility index (Phi) is 4.85. The van der Waals surface area contributed by atoms with Crippen LogP contribution in [-0.4, -0.2) is 24.2 Å². The van der Waals surface area contributed by atoms with E-state index in [1.54, 1.807) is 30.5 Å². The maximum atomic E-state index is 12.5. The predicted octanol–water partition coefficient (Wildman–Crippen LogP) is 4.53. The summed E-state index contributed by atoms with van der Waals surface area (Å²) in [6.07, 6.45) is 1.76. The van der Waals surface area contributed by atoms with Crippen LogP contribution in [0.15, 0.2) is 60.8 Å². The summed E-state index contributed by atoms with van der Waals surface area (Å²) in [5.41, 5.74) is 3.78. The molecule has 3 aromatic rings. The molecule has 1 aromatic heterocycles. The molecule has 142 valence electrons. The van der Waals surface area contributed by atoms with Crippen molar-refractivity contribution in [2.24, 2.45) is 0 Å². The van der Waals surface area contributed by atoms with Crippen LogP contribution in [0.4, 0.5) is 17.2 Å². The molecule has 1 N–H and O–H groups in total. The predicted molar refractivity (Wildman–Crippen MR) is 109 cm³/mol. The molecule has 0 saturated carbocycles. The summed E-state index contributed by atoms with van der Waals surface area (Å²) in [5.74, 6) is 1.47. The fraction of sp³-hybridized carbons (Fsp3) is 0.182. The topological polar surface area (TPSA) is 63.7 Å². The second-order valence-electron chi connectivity index (χ2n) is 6.51. The largest absolute Gasteiger partial charge is 0.454 e. The van der Waals surface area contributed by atoms with Crippen LogP contribution in [-0.2, 0) is 0 Å². The third-order valence-corrected chi connectivity index (χ3v) is 4.57. The number of benzene rings is 2. The van der Waals surface area contributed by atoms with Gasteiger partial charge in [-0.15, -0.1) is 0 Å². The fourth-order valence-corrected chi connectivity index (χ4v) is 3.16. The summed E-state index contributed by atoms with van der Waals surface area (Å²) >= 11 is 0. The van der Waals surface area contributed by atoms with E-state index in [4.69, 9.17) is 9.47 Å². The Labute approximate surface area is 163 Å². The third kappa shape index (κ3) is 3.62. The summed E-state index contributed by atoms with van der Waals surface area (Å²) < 4.78 is 10.6. The number of nitrogens with one attached hydrogen (secondary N) is 1. The Morgan fingerprint density at radius 3 is 2.68 bits per heavy atom. The van der Waals surface area contributed by atoms with Crippen LogP contribution in [0.1, 0.15) is 22.8 Å². The van der Waals surface area contributed by atoms with E-state index in [-0.39, 0.29) is 12.7 Å². The molecular weight excluding hydrogens is 354 g/mol. The quantitative estimate of drug-likeness (QED) is 0.710. The van der Waals surface area contributed by atoms with E-state index in [9.17, 15) is 4.79 Å². The van der Waals surface area contributed by atoms with E-state index in [0.29, 0.717) is 22.9 Å². The second kappa shape index (κ2) is 7.60. The Balaban J connectivity index is 1.49. The number of pyridine rings is 1. The first kappa shape index (κ1) is 17.9. The van der Waals surface area contributed by atoms with E-state index in [1.807, 2.05) is 12.1 Å². The molecule has 0 saturated heterocycles. The van der Waals surface area contributed by atoms with Crippen molar-refractivity contribution in [1.82, 2.24) is 4.98 Å². The van der Waals surface area contributed by atoms with E-state index < -0.39 is 0 Å². The maximum Gasteiger partial charge on any atom is 0.256 e. The highest BCUT2D eigenvalue weighted by molar-refractivity contribution is 6.04. The van der Waals surface area contributed by atoms with Crippen LogP contribution in [0.25, 0.3) is 0 Å². The van der Waals surface area contributed by atoms with Gasteiger partial charge in [0.1, 0.15) is 5.82 Å². The average Bonchev–Trinajstić information content (AvgIpc) is 3.18. The number of nitrogens with zero attached hydrogens (tertiary/aromatic N) is 2. The second-order valence-corrected chi connectivity index (χ2v) is 6.51. The number of ether oxygens (including phenoxy) is 2. The number of rotatable bonds is 5. The summed E-state index contributed by atoms with van der Waals surface area (Å²) in [5, 5.41) is 2.82. The van der Waals surface area contributed by atoms with Crippen molar-refractivity contribution in [3.05, 3.63) is 71.9 Å². The summed E-state index contributed by atoms with van der Waals surface area (Å²) in [6, 6.07) is 17.2. The first-order chi connectivity index (χ1) is 13.6. The molecule has 0 spiro atoms. The molecule has 6 nitrogen and oxygen atoms in total. The molecule has 0 bridgehead atoms. The van der Waals surface area contributed by atoms with Crippen molar-refractivity contribution in [3.63, 3.8) is 0 Å². The van der Waals surface area contributed by atoms with Crippen LogP contribution in [0.5, 0.6) is 11.5 Å². The minimum absolute atomic E-state index is 0.179. The monoisotopic (exact) mass is 375 g/mol. The lowest BCUT2D eigenvalue weighted by Crippen LogP contribution is -2.17. The number of hydrogen-bond acceptors (Lipinski definition) is 5. The smallest absolute Gasteiger partial charge is 0.256 e. The number of anilines is 3. The lowest BCUT2D eigenvalue weighted by Gasteiger charge is -2.23. The zero-order valence-corrected chi connectivity index (χ0v) is 15.8. The number of aromatic nitrogens is 1. The highest BCUT2D eigenvalue weighted by Gasteiger charge is 2.16. The minimum Gasteiger partial charge on any atom is -0.454 e. The molecule has 6 heteroatoms. The van der Waals surface area contributed by atoms with E-state index in [1.165, 1.54) is 5.56 Å². The fourth-order valence-electron chi connectivity index (χ4n) is 3.16. The number of hydrogen-bond donors (Lipinski definition) is 1. The van der Waals surface area contributed by atoms with Gasteiger partial charge in [-0.05, 0) is 61.9 Å². The number of amides is 1. The lowest BCUT2D eigenvalue weighted by molar-refractivity contribution is 0.102. The highest BCUT2D eigenvalue weighted by Crippen LogP contribution is 2.32. The van der Waals surface area contributed by atoms with E-state index in [2.05, 4.69) is 47.2 Å². The van der Waals surface area contributed by atoms with Gasteiger partial charge in [0.15, 0.2) is 11.5 Å². The van der Waals surface area contributed by atoms with Gasteiger partial charge < -0.3 is 19.7 Å². The minimum atomic E-state index is -0.246. The number of aryl methyl sites for hydroxylation is 1. The van der Waals surface area contributed by atoms with Crippen LogP contribution in [0.3, 0.4) is 0 Å². The van der Waals surface area contributed by atoms with Gasteiger partial charge in [0.05, 0.1) is 11.9 Å². The molecule has 0 atom stereocenters. The molecule has 4 rings (SSSR count). The van der Waals surface area contributed by atoms with Gasteiger partial charge in [0, 0.05) is 17.8 Å². The summed E-state index contributed by atoms with van der Waals surface area (Å²) in [7, 11) is 0. The first-order valence-electron chi connectivity index (χ1n) is 9.15. The van der Waals surface area contributed by atoms with Crippen LogP contribution in [0.2, 0.25) is 0 Å². The standard InChI is InChI=1S/C22H21N3O3/c1-3-25(17-6-4-5-15(2)11-17)18-8-10-21(23-13-18)24-22(26)16-7-9-19-20(12-16)28-14-27-19/h4-13H,3,14H2,1-2H3,(H,23,24,26). The van der Waals surface area contributed by atoms with E-state index in [0.717, 1.165) is 17.9 Å². The van der Waals surface area contributed by atoms with Crippen molar-refractivity contribution in [1.29, 1.82) is 0 Å². The summed E-state index contributed by atoms with van der Waals surface area (Å²) in [4.78, 5) is 19.1. The average molecular weight is 375 g/mol. The summed E-state index contributed by atoms with van der Waals surface area (Å²) in [6.45, 7) is 5.16. The third-order valence-electron chi connectivity index (χ3n) is 4.57. The lowest BCUT2D eigenvalue weighted by atomic mass is 10.2. The van der Waals surface area contributed by atoms with Crippen LogP contribution < -0.4 is 19.7 Å². The van der Waals surface area contributed by atoms with Crippen molar-refractivity contribution in [3.8, 4) is 11.5 Å². The van der Waals surface area contributed by atoms with Gasteiger partial charge >= 0.3 is 0 Å². The SMILES string of the molecule is CCN(c1ccc(NC(=O)c2ccc3c(c2)OCO3)nc1)c1cccc(C)c1. The van der Waals surface area contributed by atoms with Gasteiger partial charge in [-0.2, -0.15) is 0 Å². The number of carbonyl (C=O) groups is 1. The Hall–Kier alpha value is -3.54. The van der Waals surface area contributed by atoms with Crippen LogP contribution in [0, 0.1) is 6.92 Å². The molecule has 2 heterocycles. The van der Waals surface area contributed by atoms with E-state index >= 15 is 0 Å². The molecule has 0 radical (unpaired) electrons. The van der Waals surface area contributed by atoms with Crippen molar-refractivity contribution in [2.75, 3.05) is 23.6 Å². The molecule has 1 aliphatic rings. The molecule has 2 aromatic carbocycles. The molecular formula is C22H21N3O3. The normalized spacial score (nSPS) is 11.9. The van der Waals surface area contributed by atoms with Gasteiger partial charge in [-0.25, -0.2) is 4.98 Å². The number of fused-ring (bicyclic) bond motifs is 1. The molecule has 1 amide bonds. The van der Waals surface area contributed by atoms with Gasteiger partial charge in [-0.1, -0.05) is 12.1 Å². The van der Waals surface area contributed by atoms with Gasteiger partial charge in [-0.3, -0.25) is 4.79 Å². The highest BCUT2D eigenvalue weighted by atomic mass is 16.7. The molecule has 0 aliphatic carbocycles. The maximum absolute atomic E-state index is 12.5. The Bertz CT molecular complexity index is 1000. The number of carbonyl (C=O) groups excluding carboxylic acids is 1. The molecule has 1 aliphatic heterocycles. The van der Waals surface area contributed by atoms with Crippen LogP contribution >= 0.6 is 0 Å². The molecule has 0 fully saturated rings. The first-order valence-corrected chi connectivity index (χ1v) is 9.15. The van der Waals surface area contributed by atoms with Crippen molar-refractivity contribution >= 4 is 23.1 Å². The molecule has 0 unspecified atom stereocenters. The van der Waals surface area contributed by atoms with Crippen molar-refractivity contribution < 1.29 is 14.3 Å².